The molecule has 0 radical (unpaired) electrons. The van der Waals surface area contributed by atoms with Gasteiger partial charge in [0.25, 0.3) is 0 Å². The minimum absolute atomic E-state index is 0.257. The van der Waals surface area contributed by atoms with E-state index in [1.54, 1.807) is 0 Å². The molecule has 0 aromatic heterocycles. The van der Waals surface area contributed by atoms with E-state index in [1.165, 1.54) is 44.9 Å². The van der Waals surface area contributed by atoms with Gasteiger partial charge >= 0.3 is 0 Å². The highest BCUT2D eigenvalue weighted by molar-refractivity contribution is 4.95. The van der Waals surface area contributed by atoms with Gasteiger partial charge in [-0.1, -0.05) is 19.8 Å². The van der Waals surface area contributed by atoms with Crippen LogP contribution in [0.5, 0.6) is 0 Å². The van der Waals surface area contributed by atoms with Crippen molar-refractivity contribution in [2.75, 3.05) is 26.8 Å². The Kier molecular flexibility index (Phi) is 5.05. The molecule has 3 nitrogen and oxygen atoms in total. The maximum atomic E-state index is 6.19. The predicted octanol–water partition coefficient (Wildman–Crippen LogP) is 2.39. The van der Waals surface area contributed by atoms with Crippen LogP contribution < -0.4 is 5.73 Å². The van der Waals surface area contributed by atoms with Crippen LogP contribution in [0, 0.1) is 5.92 Å². The van der Waals surface area contributed by atoms with Crippen LogP contribution in [0.4, 0.5) is 0 Å². The minimum Gasteiger partial charge on any atom is -0.381 e. The first-order valence-electron chi connectivity index (χ1n) is 7.69. The lowest BCUT2D eigenvalue weighted by molar-refractivity contribution is -0.00800. The van der Waals surface area contributed by atoms with Crippen LogP contribution in [-0.2, 0) is 4.74 Å². The van der Waals surface area contributed by atoms with Crippen LogP contribution in [-0.4, -0.2) is 43.3 Å². The number of hydrogen-bond donors (Lipinski definition) is 1. The number of ether oxygens (including phenoxy) is 1. The van der Waals surface area contributed by atoms with Gasteiger partial charge in [0.2, 0.25) is 0 Å². The normalized spacial score (nSPS) is 35.7. The van der Waals surface area contributed by atoms with Crippen molar-refractivity contribution in [3.05, 3.63) is 0 Å². The van der Waals surface area contributed by atoms with Crippen LogP contribution in [0.15, 0.2) is 0 Å². The number of nitrogens with zero attached hydrogens (tertiary/aromatic N) is 1. The predicted molar refractivity (Wildman–Crippen MR) is 75.6 cm³/mol. The first kappa shape index (κ1) is 14.3. The lowest BCUT2D eigenvalue weighted by Gasteiger charge is -2.46. The molecule has 0 spiro atoms. The molecule has 0 amide bonds. The number of hydrogen-bond acceptors (Lipinski definition) is 3. The minimum atomic E-state index is 0.257. The molecule has 3 heteroatoms. The second-order valence-electron chi connectivity index (χ2n) is 6.42. The third kappa shape index (κ3) is 3.06. The smallest absolute Gasteiger partial charge is 0.0480 e. The Bertz CT molecular complexity index is 253. The molecule has 0 aromatic rings. The van der Waals surface area contributed by atoms with E-state index in [9.17, 15) is 0 Å². The number of rotatable bonds is 3. The van der Waals surface area contributed by atoms with Crippen molar-refractivity contribution < 1.29 is 4.74 Å². The molecule has 0 bridgehead atoms. The van der Waals surface area contributed by atoms with Gasteiger partial charge < -0.3 is 10.5 Å². The van der Waals surface area contributed by atoms with Crippen LogP contribution >= 0.6 is 0 Å². The van der Waals surface area contributed by atoms with E-state index < -0.39 is 0 Å². The summed E-state index contributed by atoms with van der Waals surface area (Å²) >= 11 is 0. The molecule has 2 rings (SSSR count). The Morgan fingerprint density at radius 1 is 1.17 bits per heavy atom. The highest BCUT2D eigenvalue weighted by atomic mass is 16.5. The van der Waals surface area contributed by atoms with Gasteiger partial charge in [-0.3, -0.25) is 4.90 Å². The van der Waals surface area contributed by atoms with Crippen LogP contribution in [0.1, 0.15) is 51.9 Å². The molecule has 1 heterocycles. The summed E-state index contributed by atoms with van der Waals surface area (Å²) in [4.78, 5) is 2.62. The van der Waals surface area contributed by atoms with Crippen molar-refractivity contribution in [1.82, 2.24) is 4.90 Å². The summed E-state index contributed by atoms with van der Waals surface area (Å²) in [6, 6.07) is 0.677. The zero-order valence-corrected chi connectivity index (χ0v) is 12.2. The molecule has 2 N–H and O–H groups in total. The molecular weight excluding hydrogens is 224 g/mol. The SMILES string of the molecule is CC1CCCC(CN)(N(C)C2CCOCC2)CC1. The van der Waals surface area contributed by atoms with Crippen molar-refractivity contribution in [2.24, 2.45) is 11.7 Å². The van der Waals surface area contributed by atoms with E-state index in [0.717, 1.165) is 25.7 Å². The van der Waals surface area contributed by atoms with Gasteiger partial charge in [0.15, 0.2) is 0 Å². The van der Waals surface area contributed by atoms with E-state index in [-0.39, 0.29) is 5.54 Å². The van der Waals surface area contributed by atoms with Crippen molar-refractivity contribution in [3.63, 3.8) is 0 Å². The van der Waals surface area contributed by atoms with Gasteiger partial charge in [0.05, 0.1) is 0 Å². The third-order valence-electron chi connectivity index (χ3n) is 5.31. The van der Waals surface area contributed by atoms with Gasteiger partial charge in [-0.15, -0.1) is 0 Å². The van der Waals surface area contributed by atoms with Gasteiger partial charge in [0, 0.05) is 31.3 Å². The number of likely N-dealkylation sites (N-methyl/N-ethyl adjacent to an activating group) is 1. The average molecular weight is 254 g/mol. The lowest BCUT2D eigenvalue weighted by atomic mass is 9.86. The zero-order valence-electron chi connectivity index (χ0n) is 12.2. The van der Waals surface area contributed by atoms with E-state index in [1.807, 2.05) is 0 Å². The molecule has 2 unspecified atom stereocenters. The molecule has 2 aliphatic rings. The standard InChI is InChI=1S/C15H30N2O/c1-13-4-3-8-15(12-16,9-5-13)17(2)14-6-10-18-11-7-14/h13-14H,3-12,16H2,1-2H3. The fourth-order valence-corrected chi connectivity index (χ4v) is 3.72. The maximum Gasteiger partial charge on any atom is 0.0480 e. The Labute approximate surface area is 112 Å². The molecule has 106 valence electrons. The summed E-state index contributed by atoms with van der Waals surface area (Å²) in [5, 5.41) is 0. The second-order valence-corrected chi connectivity index (χ2v) is 6.42. The maximum absolute atomic E-state index is 6.19. The quantitative estimate of drug-likeness (QED) is 0.786. The van der Waals surface area contributed by atoms with Crippen LogP contribution in [0.2, 0.25) is 0 Å². The molecule has 1 saturated carbocycles. The van der Waals surface area contributed by atoms with Crippen molar-refractivity contribution >= 4 is 0 Å². The largest absolute Gasteiger partial charge is 0.381 e. The van der Waals surface area contributed by atoms with Gasteiger partial charge in [-0.25, -0.2) is 0 Å². The zero-order chi connectivity index (χ0) is 13.0. The van der Waals surface area contributed by atoms with Crippen molar-refractivity contribution in [3.8, 4) is 0 Å². The summed E-state index contributed by atoms with van der Waals surface area (Å²) in [5.41, 5.74) is 6.44. The highest BCUT2D eigenvalue weighted by Crippen LogP contribution is 2.35. The number of nitrogens with two attached hydrogens (primary N) is 1. The first-order valence-corrected chi connectivity index (χ1v) is 7.69. The Hall–Kier alpha value is -0.120. The molecular formula is C15H30N2O. The lowest BCUT2D eigenvalue weighted by Crippen LogP contribution is -2.56. The summed E-state index contributed by atoms with van der Waals surface area (Å²) in [6.45, 7) is 5.05. The van der Waals surface area contributed by atoms with Gasteiger partial charge in [-0.05, 0) is 45.1 Å². The summed E-state index contributed by atoms with van der Waals surface area (Å²) in [6.07, 6.45) is 8.96. The van der Waals surface area contributed by atoms with Crippen LogP contribution in [0.3, 0.4) is 0 Å². The fraction of sp³-hybridized carbons (Fsp3) is 1.00. The molecule has 1 aliphatic carbocycles. The summed E-state index contributed by atoms with van der Waals surface area (Å²) < 4.78 is 5.49. The first-order chi connectivity index (χ1) is 8.68. The molecule has 2 fully saturated rings. The second kappa shape index (κ2) is 6.36. The van der Waals surface area contributed by atoms with E-state index in [4.69, 9.17) is 10.5 Å². The molecule has 1 saturated heterocycles. The topological polar surface area (TPSA) is 38.5 Å². The third-order valence-corrected chi connectivity index (χ3v) is 5.31. The van der Waals surface area contributed by atoms with Gasteiger partial charge in [0.1, 0.15) is 0 Å². The van der Waals surface area contributed by atoms with Crippen molar-refractivity contribution in [2.45, 2.75) is 63.5 Å². The summed E-state index contributed by atoms with van der Waals surface area (Å²) in [7, 11) is 2.30. The van der Waals surface area contributed by atoms with E-state index >= 15 is 0 Å². The molecule has 1 aliphatic heterocycles. The van der Waals surface area contributed by atoms with E-state index in [0.29, 0.717) is 6.04 Å². The molecule has 0 aromatic carbocycles. The summed E-state index contributed by atoms with van der Waals surface area (Å²) in [5.74, 6) is 0.876. The molecule has 18 heavy (non-hydrogen) atoms. The Morgan fingerprint density at radius 2 is 1.89 bits per heavy atom. The monoisotopic (exact) mass is 254 g/mol. The fourth-order valence-electron chi connectivity index (χ4n) is 3.72. The van der Waals surface area contributed by atoms with Crippen molar-refractivity contribution in [1.29, 1.82) is 0 Å². The molecule has 2 atom stereocenters. The van der Waals surface area contributed by atoms with Gasteiger partial charge in [-0.2, -0.15) is 0 Å². The average Bonchev–Trinajstić information content (AvgIpc) is 2.62. The Balaban J connectivity index is 2.04. The van der Waals surface area contributed by atoms with Crippen LogP contribution in [0.25, 0.3) is 0 Å². The highest BCUT2D eigenvalue weighted by Gasteiger charge is 2.38. The Morgan fingerprint density at radius 3 is 2.56 bits per heavy atom. The van der Waals surface area contributed by atoms with E-state index in [2.05, 4.69) is 18.9 Å².